The number of benzene rings is 1. The van der Waals surface area contributed by atoms with Crippen molar-refractivity contribution in [2.75, 3.05) is 12.4 Å². The van der Waals surface area contributed by atoms with Gasteiger partial charge in [0.2, 0.25) is 5.91 Å². The van der Waals surface area contributed by atoms with Crippen molar-refractivity contribution in [3.8, 4) is 11.1 Å². The summed E-state index contributed by atoms with van der Waals surface area (Å²) >= 11 is 1.35. The number of carbonyl (C=O) groups is 2. The number of carbonyl (C=O) groups excluding carboxylic acids is 2. The molecule has 0 radical (unpaired) electrons. The molecule has 2 rings (SSSR count). The van der Waals surface area contributed by atoms with Gasteiger partial charge in [0.25, 0.3) is 0 Å². The summed E-state index contributed by atoms with van der Waals surface area (Å²) in [4.78, 5) is 24.1. The van der Waals surface area contributed by atoms with Crippen LogP contribution in [0.2, 0.25) is 0 Å². The third kappa shape index (κ3) is 3.79. The summed E-state index contributed by atoms with van der Waals surface area (Å²) in [5.41, 5.74) is 4.40. The van der Waals surface area contributed by atoms with E-state index in [1.807, 2.05) is 44.4 Å². The van der Waals surface area contributed by atoms with Crippen molar-refractivity contribution in [3.63, 3.8) is 0 Å². The van der Waals surface area contributed by atoms with E-state index in [1.54, 1.807) is 0 Å². The molecule has 0 aliphatic carbocycles. The third-order valence-electron chi connectivity index (χ3n) is 3.59. The molecule has 1 heterocycles. The Hall–Kier alpha value is -2.14. The van der Waals surface area contributed by atoms with Gasteiger partial charge in [0.1, 0.15) is 10.6 Å². The minimum Gasteiger partial charge on any atom is -0.465 e. The van der Waals surface area contributed by atoms with Gasteiger partial charge in [0, 0.05) is 17.4 Å². The fourth-order valence-corrected chi connectivity index (χ4v) is 3.36. The monoisotopic (exact) mass is 331 g/mol. The predicted octanol–water partition coefficient (Wildman–Crippen LogP) is 4.56. The molecule has 0 aliphatic heterocycles. The zero-order valence-electron chi connectivity index (χ0n) is 13.9. The second-order valence-corrected chi connectivity index (χ2v) is 6.34. The molecule has 2 aromatic rings. The summed E-state index contributed by atoms with van der Waals surface area (Å²) in [6.45, 7) is 5.96. The maximum Gasteiger partial charge on any atom is 0.341 e. The standard InChI is InChI=1S/C18H21NO3S/c1-5-6-15(20)19-17-16(18(21)22-4)14(10-23-17)13-9-11(2)7-8-12(13)3/h7-10H,5-6H2,1-4H3,(H,19,20). The molecule has 0 aliphatic rings. The zero-order chi connectivity index (χ0) is 17.0. The minimum absolute atomic E-state index is 0.0907. The molecule has 4 nitrogen and oxygen atoms in total. The summed E-state index contributed by atoms with van der Waals surface area (Å²) in [5, 5.41) is 5.28. The molecule has 1 aromatic heterocycles. The lowest BCUT2D eigenvalue weighted by molar-refractivity contribution is -0.116. The largest absolute Gasteiger partial charge is 0.465 e. The highest BCUT2D eigenvalue weighted by molar-refractivity contribution is 7.15. The number of hydrogen-bond acceptors (Lipinski definition) is 4. The summed E-state index contributed by atoms with van der Waals surface area (Å²) < 4.78 is 4.93. The van der Waals surface area contributed by atoms with Crippen LogP contribution in [0.25, 0.3) is 11.1 Å². The Kier molecular flexibility index (Phi) is 5.55. The molecular weight excluding hydrogens is 310 g/mol. The van der Waals surface area contributed by atoms with E-state index >= 15 is 0 Å². The van der Waals surface area contributed by atoms with Crippen LogP contribution in [0.3, 0.4) is 0 Å². The first-order chi connectivity index (χ1) is 11.0. The summed E-state index contributed by atoms with van der Waals surface area (Å²) in [6, 6.07) is 6.10. The highest BCUT2D eigenvalue weighted by Crippen LogP contribution is 2.38. The number of ether oxygens (including phenoxy) is 1. The van der Waals surface area contributed by atoms with Gasteiger partial charge >= 0.3 is 5.97 Å². The van der Waals surface area contributed by atoms with Gasteiger partial charge in [-0.1, -0.05) is 30.7 Å². The van der Waals surface area contributed by atoms with E-state index in [-0.39, 0.29) is 5.91 Å². The number of thiophene rings is 1. The number of rotatable bonds is 5. The lowest BCUT2D eigenvalue weighted by Gasteiger charge is -2.10. The van der Waals surface area contributed by atoms with Gasteiger partial charge in [-0.25, -0.2) is 4.79 Å². The SMILES string of the molecule is CCCC(=O)Nc1scc(-c2cc(C)ccc2C)c1C(=O)OC. The number of aryl methyl sites for hydroxylation is 2. The van der Waals surface area contributed by atoms with Crippen molar-refractivity contribution < 1.29 is 14.3 Å². The van der Waals surface area contributed by atoms with Gasteiger partial charge in [0.05, 0.1) is 7.11 Å². The van der Waals surface area contributed by atoms with E-state index < -0.39 is 5.97 Å². The van der Waals surface area contributed by atoms with Crippen LogP contribution in [0.5, 0.6) is 0 Å². The van der Waals surface area contributed by atoms with Crippen LogP contribution < -0.4 is 5.32 Å². The van der Waals surface area contributed by atoms with E-state index in [1.165, 1.54) is 18.4 Å². The predicted molar refractivity (Wildman–Crippen MR) is 94.1 cm³/mol. The topological polar surface area (TPSA) is 55.4 Å². The molecule has 23 heavy (non-hydrogen) atoms. The van der Waals surface area contributed by atoms with Gasteiger partial charge in [-0.05, 0) is 31.4 Å². The average Bonchev–Trinajstić information content (AvgIpc) is 2.92. The van der Waals surface area contributed by atoms with E-state index in [0.29, 0.717) is 17.0 Å². The van der Waals surface area contributed by atoms with Crippen LogP contribution in [0.15, 0.2) is 23.6 Å². The van der Waals surface area contributed by atoms with Crippen molar-refractivity contribution in [1.82, 2.24) is 0 Å². The number of hydrogen-bond donors (Lipinski definition) is 1. The van der Waals surface area contributed by atoms with E-state index in [9.17, 15) is 9.59 Å². The number of methoxy groups -OCH3 is 1. The van der Waals surface area contributed by atoms with Gasteiger partial charge in [-0.15, -0.1) is 11.3 Å². The molecule has 5 heteroatoms. The Morgan fingerprint density at radius 1 is 1.22 bits per heavy atom. The second kappa shape index (κ2) is 7.42. The van der Waals surface area contributed by atoms with Crippen molar-refractivity contribution in [2.45, 2.75) is 33.6 Å². The lowest BCUT2D eigenvalue weighted by Crippen LogP contribution is -2.13. The Morgan fingerprint density at radius 2 is 1.96 bits per heavy atom. The summed E-state index contributed by atoms with van der Waals surface area (Å²) in [6.07, 6.45) is 1.19. The normalized spacial score (nSPS) is 10.4. The number of nitrogens with one attached hydrogen (secondary N) is 1. The van der Waals surface area contributed by atoms with Gasteiger partial charge < -0.3 is 10.1 Å². The second-order valence-electron chi connectivity index (χ2n) is 5.46. The van der Waals surface area contributed by atoms with Crippen LogP contribution >= 0.6 is 11.3 Å². The molecule has 0 spiro atoms. The molecule has 0 bridgehead atoms. The smallest absolute Gasteiger partial charge is 0.341 e. The molecule has 1 aromatic carbocycles. The van der Waals surface area contributed by atoms with E-state index in [2.05, 4.69) is 5.32 Å². The van der Waals surface area contributed by atoms with E-state index in [4.69, 9.17) is 4.74 Å². The molecule has 0 saturated heterocycles. The molecule has 0 unspecified atom stereocenters. The summed E-state index contributed by atoms with van der Waals surface area (Å²) in [5.74, 6) is -0.527. The van der Waals surface area contributed by atoms with Gasteiger partial charge in [0.15, 0.2) is 0 Å². The minimum atomic E-state index is -0.436. The molecule has 122 valence electrons. The first kappa shape index (κ1) is 17.2. The molecule has 0 fully saturated rings. The van der Waals surface area contributed by atoms with Crippen LogP contribution in [-0.2, 0) is 9.53 Å². The molecule has 1 amide bonds. The number of esters is 1. The highest BCUT2D eigenvalue weighted by Gasteiger charge is 2.23. The Morgan fingerprint density at radius 3 is 2.61 bits per heavy atom. The molecule has 0 atom stereocenters. The fraction of sp³-hybridized carbons (Fsp3) is 0.333. The fourth-order valence-electron chi connectivity index (χ4n) is 2.40. The maximum absolute atomic E-state index is 12.3. The quantitative estimate of drug-likeness (QED) is 0.817. The molecule has 1 N–H and O–H groups in total. The van der Waals surface area contributed by atoms with Gasteiger partial charge in [-0.3, -0.25) is 4.79 Å². The number of anilines is 1. The summed E-state index contributed by atoms with van der Waals surface area (Å²) in [7, 11) is 1.35. The Labute approximate surface area is 140 Å². The average molecular weight is 331 g/mol. The van der Waals surface area contributed by atoms with Crippen molar-refractivity contribution >= 4 is 28.2 Å². The highest BCUT2D eigenvalue weighted by atomic mass is 32.1. The van der Waals surface area contributed by atoms with Crippen molar-refractivity contribution in [1.29, 1.82) is 0 Å². The Bertz CT molecular complexity index is 734. The van der Waals surface area contributed by atoms with Crippen molar-refractivity contribution in [2.24, 2.45) is 0 Å². The van der Waals surface area contributed by atoms with Crippen LogP contribution in [0.1, 0.15) is 41.3 Å². The molecule has 0 saturated carbocycles. The lowest BCUT2D eigenvalue weighted by atomic mass is 9.97. The molecular formula is C18H21NO3S. The number of amides is 1. The third-order valence-corrected chi connectivity index (χ3v) is 4.49. The van der Waals surface area contributed by atoms with Crippen LogP contribution in [0.4, 0.5) is 5.00 Å². The van der Waals surface area contributed by atoms with Crippen LogP contribution in [0, 0.1) is 13.8 Å². The van der Waals surface area contributed by atoms with E-state index in [0.717, 1.165) is 28.7 Å². The van der Waals surface area contributed by atoms with Gasteiger partial charge in [-0.2, -0.15) is 0 Å². The van der Waals surface area contributed by atoms with Crippen LogP contribution in [-0.4, -0.2) is 19.0 Å². The first-order valence-electron chi connectivity index (χ1n) is 7.55. The van der Waals surface area contributed by atoms with Crippen molar-refractivity contribution in [3.05, 3.63) is 40.3 Å². The zero-order valence-corrected chi connectivity index (χ0v) is 14.7. The maximum atomic E-state index is 12.3. The first-order valence-corrected chi connectivity index (χ1v) is 8.43. The Balaban J connectivity index is 2.52.